The Morgan fingerprint density at radius 1 is 0.893 bits per heavy atom. The molecule has 0 aliphatic heterocycles. The molecule has 136 valence electrons. The minimum Gasteiger partial charge on any atom is -0.322 e. The average Bonchev–Trinajstić information content (AvgIpc) is 3.05. The molecule has 5 heteroatoms. The van der Waals surface area contributed by atoms with Gasteiger partial charge in [0.05, 0.1) is 11.0 Å². The summed E-state index contributed by atoms with van der Waals surface area (Å²) in [6, 6.07) is 19.5. The van der Waals surface area contributed by atoms with Crippen LogP contribution in [0.2, 0.25) is 0 Å². The molecule has 0 saturated carbocycles. The van der Waals surface area contributed by atoms with Crippen molar-refractivity contribution in [3.05, 3.63) is 77.4 Å². The molecule has 2 aromatic heterocycles. The standard InChI is InChI=1S/C23H17N3OS/c1-13-7-9-16(11-14(13)2)24-22(27)15-8-10-20-17(12-15)21-23(28-20)26-19-6-4-3-5-18(19)25-21/h3-12H,1-2H3,(H,24,27). The molecule has 0 fully saturated rings. The van der Waals surface area contributed by atoms with E-state index in [9.17, 15) is 4.79 Å². The van der Waals surface area contributed by atoms with Crippen LogP contribution in [0.15, 0.2) is 60.7 Å². The van der Waals surface area contributed by atoms with Crippen molar-refractivity contribution in [1.82, 2.24) is 9.97 Å². The minimum atomic E-state index is -0.127. The lowest BCUT2D eigenvalue weighted by Crippen LogP contribution is -2.11. The first-order chi connectivity index (χ1) is 13.6. The van der Waals surface area contributed by atoms with Crippen LogP contribution in [0.25, 0.3) is 31.5 Å². The van der Waals surface area contributed by atoms with Crippen molar-refractivity contribution in [2.45, 2.75) is 13.8 Å². The summed E-state index contributed by atoms with van der Waals surface area (Å²) in [6.07, 6.45) is 0. The van der Waals surface area contributed by atoms with Gasteiger partial charge in [0.1, 0.15) is 10.3 Å². The zero-order valence-corrected chi connectivity index (χ0v) is 16.3. The summed E-state index contributed by atoms with van der Waals surface area (Å²) in [5, 5.41) is 3.95. The number of hydrogen-bond acceptors (Lipinski definition) is 4. The Morgan fingerprint density at radius 2 is 1.68 bits per heavy atom. The molecule has 2 heterocycles. The third kappa shape index (κ3) is 2.80. The molecule has 5 rings (SSSR count). The SMILES string of the molecule is Cc1ccc(NC(=O)c2ccc3sc4nc5ccccc5nc4c3c2)cc1C. The number of fused-ring (bicyclic) bond motifs is 4. The Bertz CT molecular complexity index is 1390. The molecule has 0 atom stereocenters. The van der Waals surface area contributed by atoms with Gasteiger partial charge in [0.25, 0.3) is 5.91 Å². The Morgan fingerprint density at radius 3 is 2.46 bits per heavy atom. The van der Waals surface area contributed by atoms with Gasteiger partial charge in [0.15, 0.2) is 0 Å². The number of hydrogen-bond donors (Lipinski definition) is 1. The first kappa shape index (κ1) is 16.8. The molecule has 0 radical (unpaired) electrons. The van der Waals surface area contributed by atoms with Crippen LogP contribution in [0.3, 0.4) is 0 Å². The van der Waals surface area contributed by atoms with Gasteiger partial charge >= 0.3 is 0 Å². The van der Waals surface area contributed by atoms with Crippen LogP contribution in [0.1, 0.15) is 21.5 Å². The lowest BCUT2D eigenvalue weighted by atomic mass is 10.1. The number of nitrogens with zero attached hydrogens (tertiary/aromatic N) is 2. The maximum atomic E-state index is 12.8. The molecule has 0 spiro atoms. The van der Waals surface area contributed by atoms with Crippen molar-refractivity contribution in [3.63, 3.8) is 0 Å². The van der Waals surface area contributed by atoms with E-state index < -0.39 is 0 Å². The molecule has 0 aliphatic carbocycles. The second-order valence-corrected chi connectivity index (χ2v) is 7.96. The van der Waals surface area contributed by atoms with E-state index in [0.29, 0.717) is 5.56 Å². The highest BCUT2D eigenvalue weighted by Gasteiger charge is 2.13. The monoisotopic (exact) mass is 383 g/mol. The molecule has 0 saturated heterocycles. The largest absolute Gasteiger partial charge is 0.322 e. The number of anilines is 1. The number of rotatable bonds is 2. The van der Waals surface area contributed by atoms with Gasteiger partial charge in [-0.05, 0) is 67.4 Å². The maximum absolute atomic E-state index is 12.8. The molecule has 0 aliphatic rings. The third-order valence-electron chi connectivity index (χ3n) is 5.01. The molecule has 4 nitrogen and oxygen atoms in total. The van der Waals surface area contributed by atoms with Gasteiger partial charge in [0, 0.05) is 21.3 Å². The van der Waals surface area contributed by atoms with Crippen LogP contribution < -0.4 is 5.32 Å². The fraction of sp³-hybridized carbons (Fsp3) is 0.0870. The van der Waals surface area contributed by atoms with Crippen molar-refractivity contribution >= 4 is 54.4 Å². The summed E-state index contributed by atoms with van der Waals surface area (Å²) < 4.78 is 1.08. The number of benzene rings is 3. The van der Waals surface area contributed by atoms with Crippen LogP contribution in [0.4, 0.5) is 5.69 Å². The normalized spacial score (nSPS) is 11.4. The predicted molar refractivity (Wildman–Crippen MR) is 116 cm³/mol. The number of amides is 1. The van der Waals surface area contributed by atoms with E-state index in [2.05, 4.69) is 12.2 Å². The van der Waals surface area contributed by atoms with Crippen molar-refractivity contribution in [1.29, 1.82) is 0 Å². The third-order valence-corrected chi connectivity index (χ3v) is 6.06. The van der Waals surface area contributed by atoms with E-state index in [0.717, 1.165) is 42.7 Å². The maximum Gasteiger partial charge on any atom is 0.255 e. The van der Waals surface area contributed by atoms with E-state index in [-0.39, 0.29) is 5.91 Å². The summed E-state index contributed by atoms with van der Waals surface area (Å²) in [7, 11) is 0. The quantitative estimate of drug-likeness (QED) is 0.415. The van der Waals surface area contributed by atoms with Crippen molar-refractivity contribution in [2.24, 2.45) is 0 Å². The number of aryl methyl sites for hydroxylation is 2. The molecular weight excluding hydrogens is 366 g/mol. The summed E-state index contributed by atoms with van der Waals surface area (Å²) >= 11 is 1.60. The van der Waals surface area contributed by atoms with Crippen LogP contribution in [0.5, 0.6) is 0 Å². The molecule has 1 N–H and O–H groups in total. The fourth-order valence-corrected chi connectivity index (χ4v) is 4.31. The van der Waals surface area contributed by atoms with Crippen LogP contribution in [-0.4, -0.2) is 15.9 Å². The van der Waals surface area contributed by atoms with Gasteiger partial charge < -0.3 is 5.32 Å². The van der Waals surface area contributed by atoms with Crippen molar-refractivity contribution in [2.75, 3.05) is 5.32 Å². The lowest BCUT2D eigenvalue weighted by molar-refractivity contribution is 0.102. The predicted octanol–water partition coefficient (Wildman–Crippen LogP) is 5.87. The number of nitrogens with one attached hydrogen (secondary N) is 1. The van der Waals surface area contributed by atoms with E-state index in [1.165, 1.54) is 5.56 Å². The van der Waals surface area contributed by atoms with Crippen LogP contribution >= 0.6 is 11.3 Å². The highest BCUT2D eigenvalue weighted by atomic mass is 32.1. The van der Waals surface area contributed by atoms with Gasteiger partial charge in [-0.15, -0.1) is 11.3 Å². The van der Waals surface area contributed by atoms with Crippen molar-refractivity contribution in [3.8, 4) is 0 Å². The smallest absolute Gasteiger partial charge is 0.255 e. The molecule has 0 bridgehead atoms. The Labute approximate surface area is 165 Å². The van der Waals surface area contributed by atoms with Crippen molar-refractivity contribution < 1.29 is 4.79 Å². The average molecular weight is 383 g/mol. The van der Waals surface area contributed by atoms with Crippen LogP contribution in [-0.2, 0) is 0 Å². The zero-order chi connectivity index (χ0) is 19.3. The topological polar surface area (TPSA) is 54.9 Å². The fourth-order valence-electron chi connectivity index (χ4n) is 3.30. The molecule has 0 unspecified atom stereocenters. The number of carbonyl (C=O) groups is 1. The highest BCUT2D eigenvalue weighted by Crippen LogP contribution is 2.33. The first-order valence-corrected chi connectivity index (χ1v) is 9.88. The van der Waals surface area contributed by atoms with E-state index >= 15 is 0 Å². The summed E-state index contributed by atoms with van der Waals surface area (Å²) in [6.45, 7) is 4.10. The van der Waals surface area contributed by atoms with Crippen LogP contribution in [0, 0.1) is 13.8 Å². The Kier molecular flexibility index (Phi) is 3.84. The van der Waals surface area contributed by atoms with E-state index in [1.807, 2.05) is 67.6 Å². The number of thiophene rings is 1. The summed E-state index contributed by atoms with van der Waals surface area (Å²) in [5.41, 5.74) is 6.36. The number of aromatic nitrogens is 2. The van der Waals surface area contributed by atoms with E-state index in [1.54, 1.807) is 11.3 Å². The van der Waals surface area contributed by atoms with Gasteiger partial charge in [-0.3, -0.25) is 4.79 Å². The second kappa shape index (κ2) is 6.39. The Hall–Kier alpha value is -3.31. The highest BCUT2D eigenvalue weighted by molar-refractivity contribution is 7.25. The van der Waals surface area contributed by atoms with Gasteiger partial charge in [-0.25, -0.2) is 9.97 Å². The molecule has 1 amide bonds. The first-order valence-electron chi connectivity index (χ1n) is 9.06. The van der Waals surface area contributed by atoms with Gasteiger partial charge in [-0.2, -0.15) is 0 Å². The summed E-state index contributed by atoms with van der Waals surface area (Å²) in [5.74, 6) is -0.127. The summed E-state index contributed by atoms with van der Waals surface area (Å²) in [4.78, 5) is 23.2. The molecule has 28 heavy (non-hydrogen) atoms. The number of carbonyl (C=O) groups excluding carboxylic acids is 1. The lowest BCUT2D eigenvalue weighted by Gasteiger charge is -2.08. The zero-order valence-electron chi connectivity index (χ0n) is 15.5. The molecule has 3 aromatic carbocycles. The van der Waals surface area contributed by atoms with E-state index in [4.69, 9.17) is 9.97 Å². The molecule has 5 aromatic rings. The van der Waals surface area contributed by atoms with Gasteiger partial charge in [-0.1, -0.05) is 18.2 Å². The minimum absolute atomic E-state index is 0.127. The Balaban J connectivity index is 1.57. The number of para-hydroxylation sites is 2. The molecular formula is C23H17N3OS. The van der Waals surface area contributed by atoms with Gasteiger partial charge in [0.2, 0.25) is 0 Å². The second-order valence-electron chi connectivity index (χ2n) is 6.93.